The smallest absolute Gasteiger partial charge is 0.410 e. The number of hydrogen-bond donors (Lipinski definition) is 0. The van der Waals surface area contributed by atoms with Gasteiger partial charge in [-0.3, -0.25) is 0 Å². The van der Waals surface area contributed by atoms with Gasteiger partial charge in [0.15, 0.2) is 0 Å². The fourth-order valence-electron chi connectivity index (χ4n) is 2.91. The summed E-state index contributed by atoms with van der Waals surface area (Å²) in [6, 6.07) is 16.2. The molecule has 0 aliphatic rings. The van der Waals surface area contributed by atoms with Crippen LogP contribution in [0.25, 0.3) is 0 Å². The molecule has 2 atom stereocenters. The Morgan fingerprint density at radius 1 is 1.07 bits per heavy atom. The van der Waals surface area contributed by atoms with Gasteiger partial charge in [0.25, 0.3) is 0 Å². The molecule has 0 radical (unpaired) electrons. The van der Waals surface area contributed by atoms with E-state index in [4.69, 9.17) is 21.1 Å². The Labute approximate surface area is 171 Å². The van der Waals surface area contributed by atoms with Gasteiger partial charge in [-0.25, -0.2) is 9.59 Å². The Hall–Kier alpha value is -2.53. The lowest BCUT2D eigenvalue weighted by molar-refractivity contribution is 0.0244. The fourth-order valence-corrected chi connectivity index (χ4v) is 3.10. The molecule has 6 heteroatoms. The van der Waals surface area contributed by atoms with Crippen LogP contribution in [0.15, 0.2) is 54.6 Å². The van der Waals surface area contributed by atoms with Crippen molar-refractivity contribution < 1.29 is 19.1 Å². The molecule has 0 aliphatic heterocycles. The predicted octanol–water partition coefficient (Wildman–Crippen LogP) is 5.32. The van der Waals surface area contributed by atoms with Crippen LogP contribution in [0.2, 0.25) is 5.02 Å². The van der Waals surface area contributed by atoms with Crippen LogP contribution >= 0.6 is 11.6 Å². The number of esters is 1. The molecule has 0 aromatic heterocycles. The Balaban J connectivity index is 2.01. The number of hydrogen-bond acceptors (Lipinski definition) is 4. The number of carbonyl (C=O) groups excluding carboxylic acids is 2. The monoisotopic (exact) mass is 403 g/mol. The van der Waals surface area contributed by atoms with Crippen LogP contribution in [0.4, 0.5) is 4.79 Å². The number of amides is 1. The van der Waals surface area contributed by atoms with E-state index in [0.29, 0.717) is 30.2 Å². The van der Waals surface area contributed by atoms with E-state index in [0.717, 1.165) is 5.56 Å². The third-order valence-electron chi connectivity index (χ3n) is 4.27. The van der Waals surface area contributed by atoms with Crippen LogP contribution in [0, 0.1) is 0 Å². The van der Waals surface area contributed by atoms with Crippen molar-refractivity contribution in [2.24, 2.45) is 0 Å². The molecule has 2 aromatic rings. The number of rotatable bonds is 8. The molecule has 28 heavy (non-hydrogen) atoms. The van der Waals surface area contributed by atoms with Gasteiger partial charge in [0.2, 0.25) is 0 Å². The number of benzene rings is 2. The molecule has 2 unspecified atom stereocenters. The summed E-state index contributed by atoms with van der Waals surface area (Å²) < 4.78 is 10.7. The van der Waals surface area contributed by atoms with Crippen molar-refractivity contribution in [3.63, 3.8) is 0 Å². The quantitative estimate of drug-likeness (QED) is 0.559. The molecule has 0 bridgehead atoms. The van der Waals surface area contributed by atoms with Crippen LogP contribution in [0.5, 0.6) is 0 Å². The first-order chi connectivity index (χ1) is 13.4. The standard InChI is InChI=1S/C22H26ClNO4/c1-4-27-22(26)24(15-18-9-6-5-7-10-18)16(2)13-17(3)28-21(25)19-11-8-12-20(23)14-19/h5-12,14,16-17H,4,13,15H2,1-3H3. The summed E-state index contributed by atoms with van der Waals surface area (Å²) in [5, 5.41) is 0.479. The van der Waals surface area contributed by atoms with E-state index in [1.807, 2.05) is 44.2 Å². The van der Waals surface area contributed by atoms with E-state index < -0.39 is 5.97 Å². The van der Waals surface area contributed by atoms with Gasteiger partial charge in [-0.2, -0.15) is 0 Å². The lowest BCUT2D eigenvalue weighted by Gasteiger charge is -2.30. The van der Waals surface area contributed by atoms with Crippen molar-refractivity contribution in [2.75, 3.05) is 6.61 Å². The highest BCUT2D eigenvalue weighted by Crippen LogP contribution is 2.17. The lowest BCUT2D eigenvalue weighted by atomic mass is 10.1. The third-order valence-corrected chi connectivity index (χ3v) is 4.51. The predicted molar refractivity (Wildman–Crippen MR) is 109 cm³/mol. The lowest BCUT2D eigenvalue weighted by Crippen LogP contribution is -2.40. The maximum Gasteiger partial charge on any atom is 0.410 e. The first-order valence-electron chi connectivity index (χ1n) is 9.34. The highest BCUT2D eigenvalue weighted by Gasteiger charge is 2.24. The minimum absolute atomic E-state index is 0.179. The zero-order chi connectivity index (χ0) is 20.5. The van der Waals surface area contributed by atoms with Gasteiger partial charge in [-0.05, 0) is 44.5 Å². The number of halogens is 1. The third kappa shape index (κ3) is 6.57. The van der Waals surface area contributed by atoms with Crippen LogP contribution in [-0.2, 0) is 16.0 Å². The molecule has 1 amide bonds. The highest BCUT2D eigenvalue weighted by atomic mass is 35.5. The Kier molecular flexibility index (Phi) is 8.33. The Bertz CT molecular complexity index is 781. The molecule has 0 heterocycles. The Morgan fingerprint density at radius 2 is 1.79 bits per heavy atom. The molecule has 0 N–H and O–H groups in total. The van der Waals surface area contributed by atoms with Crippen molar-refractivity contribution in [3.05, 3.63) is 70.7 Å². The zero-order valence-corrected chi connectivity index (χ0v) is 17.2. The van der Waals surface area contributed by atoms with E-state index in [1.165, 1.54) is 0 Å². The van der Waals surface area contributed by atoms with Crippen LogP contribution in [0.1, 0.15) is 43.1 Å². The SMILES string of the molecule is CCOC(=O)N(Cc1ccccc1)C(C)CC(C)OC(=O)c1cccc(Cl)c1. The number of carbonyl (C=O) groups is 2. The van der Waals surface area contributed by atoms with E-state index >= 15 is 0 Å². The molecule has 0 fully saturated rings. The molecule has 5 nitrogen and oxygen atoms in total. The average molecular weight is 404 g/mol. The second-order valence-corrected chi connectivity index (χ2v) is 7.06. The molecule has 150 valence electrons. The first kappa shape index (κ1) is 21.8. The number of ether oxygens (including phenoxy) is 2. The summed E-state index contributed by atoms with van der Waals surface area (Å²) in [5.41, 5.74) is 1.41. The zero-order valence-electron chi connectivity index (χ0n) is 16.4. The van der Waals surface area contributed by atoms with Gasteiger partial charge >= 0.3 is 12.1 Å². The van der Waals surface area contributed by atoms with Gasteiger partial charge in [0.1, 0.15) is 6.10 Å². The molecule has 2 aromatic carbocycles. The topological polar surface area (TPSA) is 55.8 Å². The molecule has 2 rings (SSSR count). The fraction of sp³-hybridized carbons (Fsp3) is 0.364. The van der Waals surface area contributed by atoms with Crippen LogP contribution < -0.4 is 0 Å². The van der Waals surface area contributed by atoms with Crippen LogP contribution in [-0.4, -0.2) is 35.7 Å². The maximum atomic E-state index is 12.4. The van der Waals surface area contributed by atoms with Crippen molar-refractivity contribution in [1.82, 2.24) is 4.90 Å². The van der Waals surface area contributed by atoms with Crippen molar-refractivity contribution >= 4 is 23.7 Å². The van der Waals surface area contributed by atoms with Gasteiger partial charge in [-0.1, -0.05) is 48.0 Å². The molecular weight excluding hydrogens is 378 g/mol. The first-order valence-corrected chi connectivity index (χ1v) is 9.72. The Morgan fingerprint density at radius 3 is 2.43 bits per heavy atom. The summed E-state index contributed by atoms with van der Waals surface area (Å²) >= 11 is 5.93. The van der Waals surface area contributed by atoms with Crippen LogP contribution in [0.3, 0.4) is 0 Å². The molecule has 0 spiro atoms. The van der Waals surface area contributed by atoms with Crippen molar-refractivity contribution in [2.45, 2.75) is 45.9 Å². The largest absolute Gasteiger partial charge is 0.459 e. The highest BCUT2D eigenvalue weighted by molar-refractivity contribution is 6.30. The number of nitrogens with zero attached hydrogens (tertiary/aromatic N) is 1. The second-order valence-electron chi connectivity index (χ2n) is 6.62. The van der Waals surface area contributed by atoms with Gasteiger partial charge in [0, 0.05) is 24.0 Å². The molecule has 0 saturated carbocycles. The van der Waals surface area contributed by atoms with E-state index in [2.05, 4.69) is 0 Å². The summed E-state index contributed by atoms with van der Waals surface area (Å²) in [6.45, 7) is 6.24. The normalized spacial score (nSPS) is 12.7. The minimum atomic E-state index is -0.437. The average Bonchev–Trinajstić information content (AvgIpc) is 2.66. The van der Waals surface area contributed by atoms with E-state index in [1.54, 1.807) is 36.1 Å². The van der Waals surface area contributed by atoms with E-state index in [-0.39, 0.29) is 18.2 Å². The van der Waals surface area contributed by atoms with Gasteiger partial charge in [-0.15, -0.1) is 0 Å². The minimum Gasteiger partial charge on any atom is -0.459 e. The summed E-state index contributed by atoms with van der Waals surface area (Å²) in [5.74, 6) is -0.437. The summed E-state index contributed by atoms with van der Waals surface area (Å²) in [4.78, 5) is 26.4. The summed E-state index contributed by atoms with van der Waals surface area (Å²) in [6.07, 6.45) is -0.279. The van der Waals surface area contributed by atoms with Crippen molar-refractivity contribution in [1.29, 1.82) is 0 Å². The molecule has 0 saturated heterocycles. The second kappa shape index (κ2) is 10.7. The van der Waals surface area contributed by atoms with Gasteiger partial charge in [0.05, 0.1) is 12.2 Å². The maximum absolute atomic E-state index is 12.4. The van der Waals surface area contributed by atoms with E-state index in [9.17, 15) is 9.59 Å². The summed E-state index contributed by atoms with van der Waals surface area (Å²) in [7, 11) is 0. The van der Waals surface area contributed by atoms with Crippen molar-refractivity contribution in [3.8, 4) is 0 Å². The molecular formula is C22H26ClNO4. The van der Waals surface area contributed by atoms with Gasteiger partial charge < -0.3 is 14.4 Å². The molecule has 0 aliphatic carbocycles.